The van der Waals surface area contributed by atoms with Gasteiger partial charge in [-0.2, -0.15) is 26.3 Å². The van der Waals surface area contributed by atoms with E-state index in [9.17, 15) is 50.3 Å². The number of fused-ring (bicyclic) bond motifs is 2. The van der Waals surface area contributed by atoms with Gasteiger partial charge in [0.25, 0.3) is 5.89 Å². The van der Waals surface area contributed by atoms with E-state index in [-0.39, 0.29) is 24.5 Å². The summed E-state index contributed by atoms with van der Waals surface area (Å²) in [5.74, 6) is -8.48. The molecule has 6 atom stereocenters. The number of alkyl halides is 6. The van der Waals surface area contributed by atoms with Crippen molar-refractivity contribution in [2.45, 2.75) is 71.0 Å². The van der Waals surface area contributed by atoms with E-state index in [4.69, 9.17) is 4.42 Å². The van der Waals surface area contributed by atoms with Crippen molar-refractivity contribution in [2.24, 2.45) is 29.1 Å². The van der Waals surface area contributed by atoms with Gasteiger partial charge in [0.05, 0.1) is 11.6 Å². The number of para-hydroxylation sites is 1. The number of benzene rings is 1. The number of piperidine rings is 1. The first kappa shape index (κ1) is 34.2. The normalized spacial score (nSPS) is 24.9. The molecule has 4 amide bonds. The van der Waals surface area contributed by atoms with E-state index in [1.54, 1.807) is 5.32 Å². The number of hydrogen-bond acceptors (Lipinski definition) is 7. The minimum Gasteiger partial charge on any atom is -0.434 e. The summed E-state index contributed by atoms with van der Waals surface area (Å²) in [4.78, 5) is 70.4. The maximum Gasteiger partial charge on any atom is 0.471 e. The predicted molar refractivity (Wildman–Crippen MR) is 150 cm³/mol. The second-order valence-electron chi connectivity index (χ2n) is 13.2. The van der Waals surface area contributed by atoms with Crippen molar-refractivity contribution in [3.8, 4) is 0 Å². The van der Waals surface area contributed by atoms with Gasteiger partial charge in [0.15, 0.2) is 5.58 Å². The summed E-state index contributed by atoms with van der Waals surface area (Å²) in [5, 5.41) is 6.88. The van der Waals surface area contributed by atoms with Gasteiger partial charge in [-0.25, -0.2) is 4.98 Å². The first-order valence-corrected chi connectivity index (χ1v) is 15.0. The minimum absolute atomic E-state index is 0.00527. The molecular weight excluding hydrogens is 640 g/mol. The van der Waals surface area contributed by atoms with E-state index in [1.165, 1.54) is 19.9 Å². The van der Waals surface area contributed by atoms with Crippen LogP contribution in [0, 0.1) is 29.1 Å². The van der Waals surface area contributed by atoms with E-state index in [1.807, 2.05) is 13.8 Å². The van der Waals surface area contributed by atoms with Crippen LogP contribution in [0.3, 0.4) is 0 Å². The molecule has 3 heterocycles. The number of ketones is 1. The van der Waals surface area contributed by atoms with Crippen LogP contribution in [0.25, 0.3) is 11.1 Å². The number of carbonyl (C=O) groups excluding carboxylic acids is 5. The Morgan fingerprint density at radius 3 is 2.36 bits per heavy atom. The molecule has 11 nitrogen and oxygen atoms in total. The summed E-state index contributed by atoms with van der Waals surface area (Å²) in [6.07, 6.45) is -10.0. The van der Waals surface area contributed by atoms with Gasteiger partial charge in [-0.1, -0.05) is 33.8 Å². The fourth-order valence-corrected chi connectivity index (χ4v) is 6.80. The van der Waals surface area contributed by atoms with Gasteiger partial charge < -0.3 is 25.3 Å². The Hall–Kier alpha value is -4.18. The van der Waals surface area contributed by atoms with Crippen LogP contribution in [0.4, 0.5) is 26.3 Å². The average molecular weight is 674 g/mol. The van der Waals surface area contributed by atoms with Gasteiger partial charge in [-0.3, -0.25) is 24.0 Å². The molecular formula is C30H33F6N5O6. The van der Waals surface area contributed by atoms with Crippen LogP contribution in [-0.4, -0.2) is 76.7 Å². The summed E-state index contributed by atoms with van der Waals surface area (Å²) < 4.78 is 85.4. The van der Waals surface area contributed by atoms with Crippen LogP contribution in [0.5, 0.6) is 0 Å². The smallest absolute Gasteiger partial charge is 0.434 e. The molecule has 47 heavy (non-hydrogen) atoms. The van der Waals surface area contributed by atoms with Crippen molar-refractivity contribution < 1.29 is 54.7 Å². The third-order valence-corrected chi connectivity index (χ3v) is 9.49. The van der Waals surface area contributed by atoms with E-state index in [2.05, 4.69) is 15.6 Å². The molecule has 2 saturated heterocycles. The van der Waals surface area contributed by atoms with Crippen molar-refractivity contribution >= 4 is 40.5 Å². The predicted octanol–water partition coefficient (Wildman–Crippen LogP) is 3.23. The molecule has 1 aromatic carbocycles. The fraction of sp³-hybridized carbons (Fsp3) is 0.600. The zero-order valence-electron chi connectivity index (χ0n) is 25.7. The maximum atomic E-state index is 14.0. The van der Waals surface area contributed by atoms with Crippen molar-refractivity contribution in [1.29, 1.82) is 0 Å². The summed E-state index contributed by atoms with van der Waals surface area (Å²) in [6.45, 7) is 6.84. The quantitative estimate of drug-likeness (QED) is 0.273. The highest BCUT2D eigenvalue weighted by molar-refractivity contribution is 6.02. The molecule has 256 valence electrons. The zero-order valence-corrected chi connectivity index (χ0v) is 25.7. The number of amides is 4. The number of hydrogen-bond donors (Lipinski definition) is 3. The Bertz CT molecular complexity index is 1620. The second-order valence-corrected chi connectivity index (χ2v) is 13.2. The van der Waals surface area contributed by atoms with Crippen LogP contribution in [0.15, 0.2) is 22.6 Å². The molecule has 2 aromatic rings. The molecule has 3 N–H and O–H groups in total. The highest BCUT2D eigenvalue weighted by Gasteiger charge is 2.69. The van der Waals surface area contributed by atoms with Gasteiger partial charge in [-0.15, -0.1) is 0 Å². The lowest BCUT2D eigenvalue weighted by atomic mass is 9.94. The van der Waals surface area contributed by atoms with Crippen molar-refractivity contribution in [1.82, 2.24) is 25.8 Å². The SMILES string of the molecule is CC(C)[C@H](NC(=O)C(F)(F)F)C(=O)N1C[C@H]2[C@@H]([C@H]1C(=O)N[C@@H](C[C@@H]1CCNC1=O)C(=O)c1nc3c(C(F)(F)F)cccc3o1)C2(C)C. The van der Waals surface area contributed by atoms with E-state index in [0.29, 0.717) is 13.0 Å². The van der Waals surface area contributed by atoms with Crippen LogP contribution in [0.2, 0.25) is 0 Å². The van der Waals surface area contributed by atoms with Gasteiger partial charge in [-0.05, 0) is 48.1 Å². The van der Waals surface area contributed by atoms with E-state index < -0.39 is 100 Å². The second kappa shape index (κ2) is 11.8. The topological polar surface area (TPSA) is 151 Å². The highest BCUT2D eigenvalue weighted by atomic mass is 19.4. The first-order valence-electron chi connectivity index (χ1n) is 15.0. The number of likely N-dealkylation sites (tertiary alicyclic amines) is 1. The van der Waals surface area contributed by atoms with E-state index >= 15 is 0 Å². The molecule has 0 bridgehead atoms. The number of aromatic nitrogens is 1. The van der Waals surface area contributed by atoms with Crippen LogP contribution in [0.1, 0.15) is 56.8 Å². The molecule has 0 unspecified atom stereocenters. The molecule has 1 aliphatic carbocycles. The van der Waals surface area contributed by atoms with Crippen LogP contribution in [-0.2, 0) is 25.4 Å². The number of oxazole rings is 1. The Morgan fingerprint density at radius 1 is 1.11 bits per heavy atom. The molecule has 3 fully saturated rings. The van der Waals surface area contributed by atoms with Crippen molar-refractivity contribution in [3.05, 3.63) is 29.7 Å². The molecule has 0 radical (unpaired) electrons. The summed E-state index contributed by atoms with van der Waals surface area (Å²) in [5.41, 5.74) is -2.56. The van der Waals surface area contributed by atoms with Gasteiger partial charge >= 0.3 is 18.3 Å². The molecule has 17 heteroatoms. The number of rotatable bonds is 9. The molecule has 2 aliphatic heterocycles. The van der Waals surface area contributed by atoms with Crippen molar-refractivity contribution in [3.63, 3.8) is 0 Å². The fourth-order valence-electron chi connectivity index (χ4n) is 6.80. The lowest BCUT2D eigenvalue weighted by molar-refractivity contribution is -0.175. The summed E-state index contributed by atoms with van der Waals surface area (Å²) in [6, 6.07) is -1.38. The third kappa shape index (κ3) is 6.40. The lowest BCUT2D eigenvalue weighted by Crippen LogP contribution is -2.59. The number of halogens is 6. The largest absolute Gasteiger partial charge is 0.471 e. The molecule has 1 saturated carbocycles. The Morgan fingerprint density at radius 2 is 1.79 bits per heavy atom. The highest BCUT2D eigenvalue weighted by Crippen LogP contribution is 2.65. The number of Topliss-reactive ketones (excluding diaryl/α,β-unsaturated/α-hetero) is 1. The number of carbonyl (C=O) groups is 5. The standard InChI is InChI=1S/C30H33F6N5O6/c1-12(2)19(40-27(46)30(34,35)36)26(45)41-11-15-18(28(15,3)4)21(41)24(44)38-16(10-13-8-9-37-23(13)43)22(42)25-39-20-14(29(31,32)33)6-5-7-17(20)47-25/h5-7,12-13,15-16,18-19,21H,8-11H2,1-4H3,(H,37,43)(H,38,44)(H,40,46)/t13-,15-,16-,18-,19-,21-/m0/s1. The van der Waals surface area contributed by atoms with Gasteiger partial charge in [0, 0.05) is 19.0 Å². The number of nitrogens with zero attached hydrogens (tertiary/aromatic N) is 2. The van der Waals surface area contributed by atoms with E-state index in [0.717, 1.165) is 17.0 Å². The summed E-state index contributed by atoms with van der Waals surface area (Å²) in [7, 11) is 0. The van der Waals surface area contributed by atoms with Crippen molar-refractivity contribution in [2.75, 3.05) is 13.1 Å². The van der Waals surface area contributed by atoms with Gasteiger partial charge in [0.1, 0.15) is 17.6 Å². The Labute approximate surface area is 264 Å². The molecule has 3 aliphatic rings. The first-order chi connectivity index (χ1) is 21.7. The van der Waals surface area contributed by atoms with Gasteiger partial charge in [0.2, 0.25) is 23.5 Å². The third-order valence-electron chi connectivity index (χ3n) is 9.49. The molecule has 0 spiro atoms. The van der Waals surface area contributed by atoms with Crippen LogP contribution < -0.4 is 16.0 Å². The monoisotopic (exact) mass is 673 g/mol. The molecule has 1 aromatic heterocycles. The molecule has 5 rings (SSSR count). The number of nitrogens with one attached hydrogen (secondary N) is 3. The average Bonchev–Trinajstić information content (AvgIpc) is 3.48. The maximum absolute atomic E-state index is 14.0. The summed E-state index contributed by atoms with van der Waals surface area (Å²) >= 11 is 0. The Balaban J connectivity index is 1.45. The van der Waals surface area contributed by atoms with Crippen LogP contribution >= 0.6 is 0 Å². The lowest BCUT2D eigenvalue weighted by Gasteiger charge is -2.35. The Kier molecular flexibility index (Phi) is 8.58. The zero-order chi connectivity index (χ0) is 34.8. The minimum atomic E-state index is -5.26.